The number of ether oxygens (including phenoxy) is 1. The van der Waals surface area contributed by atoms with Crippen molar-refractivity contribution in [1.82, 2.24) is 15.6 Å². The Morgan fingerprint density at radius 2 is 1.83 bits per heavy atom. The monoisotopic (exact) mass is 599 g/mol. The van der Waals surface area contributed by atoms with Crippen LogP contribution in [0.3, 0.4) is 0 Å². The van der Waals surface area contributed by atoms with Crippen molar-refractivity contribution in [3.05, 3.63) is 63.8 Å². The summed E-state index contributed by atoms with van der Waals surface area (Å²) in [7, 11) is 0. The predicted octanol–water partition coefficient (Wildman–Crippen LogP) is 3.44. The number of nitro groups is 1. The molecule has 0 fully saturated rings. The molecule has 13 nitrogen and oxygen atoms in total. The maximum absolute atomic E-state index is 12.5. The molecule has 1 aromatic carbocycles. The number of esters is 1. The fourth-order valence-corrected chi connectivity index (χ4v) is 3.16. The zero-order chi connectivity index (χ0) is 31.7. The number of aromatic nitrogens is 1. The zero-order valence-corrected chi connectivity index (χ0v) is 22.9. The van der Waals surface area contributed by atoms with Gasteiger partial charge in [0.05, 0.1) is 30.5 Å². The van der Waals surface area contributed by atoms with Crippen LogP contribution in [-0.2, 0) is 23.9 Å². The van der Waals surface area contributed by atoms with Gasteiger partial charge in [-0.3, -0.25) is 24.5 Å². The number of aliphatic carboxylic acids is 1. The van der Waals surface area contributed by atoms with Crippen LogP contribution in [0.4, 0.5) is 24.7 Å². The molecular formula is C26H32F3N5O8. The van der Waals surface area contributed by atoms with Gasteiger partial charge in [0.25, 0.3) is 5.69 Å². The number of carbonyl (C=O) groups excluding carboxylic acids is 3. The number of nitro benzene ring substituents is 1. The molecule has 0 saturated carbocycles. The molecule has 0 bridgehead atoms. The van der Waals surface area contributed by atoms with Crippen LogP contribution < -0.4 is 16.0 Å². The van der Waals surface area contributed by atoms with Gasteiger partial charge in [0.1, 0.15) is 5.82 Å². The summed E-state index contributed by atoms with van der Waals surface area (Å²) in [6.07, 6.45) is -2.18. The molecule has 4 N–H and O–H groups in total. The molecule has 1 unspecified atom stereocenters. The Kier molecular flexibility index (Phi) is 15.0. The van der Waals surface area contributed by atoms with Gasteiger partial charge in [0.2, 0.25) is 11.8 Å². The van der Waals surface area contributed by atoms with Crippen molar-refractivity contribution in [2.45, 2.75) is 51.7 Å². The minimum atomic E-state index is -5.08. The second kappa shape index (κ2) is 17.8. The van der Waals surface area contributed by atoms with Crippen LogP contribution in [0.25, 0.3) is 0 Å². The highest BCUT2D eigenvalue weighted by Gasteiger charge is 2.38. The Balaban J connectivity index is 0.00000112. The summed E-state index contributed by atoms with van der Waals surface area (Å²) in [5.74, 6) is -3.39. The summed E-state index contributed by atoms with van der Waals surface area (Å²) in [5.41, 5.74) is 1.31. The predicted molar refractivity (Wildman–Crippen MR) is 143 cm³/mol. The molecule has 0 radical (unpaired) electrons. The van der Waals surface area contributed by atoms with Crippen LogP contribution in [0.2, 0.25) is 0 Å². The van der Waals surface area contributed by atoms with E-state index in [9.17, 15) is 37.7 Å². The first kappa shape index (κ1) is 35.3. The molecule has 42 heavy (non-hydrogen) atoms. The maximum atomic E-state index is 12.5. The molecule has 0 aliphatic rings. The van der Waals surface area contributed by atoms with E-state index < -0.39 is 35.0 Å². The topological polar surface area (TPSA) is 190 Å². The van der Waals surface area contributed by atoms with Crippen molar-refractivity contribution in [2.24, 2.45) is 0 Å². The lowest BCUT2D eigenvalue weighted by Gasteiger charge is -2.19. The minimum absolute atomic E-state index is 0.161. The lowest BCUT2D eigenvalue weighted by atomic mass is 10.0. The van der Waals surface area contributed by atoms with Gasteiger partial charge in [-0.05, 0) is 43.0 Å². The van der Waals surface area contributed by atoms with Crippen molar-refractivity contribution in [3.63, 3.8) is 0 Å². The number of benzene rings is 1. The van der Waals surface area contributed by atoms with Gasteiger partial charge in [-0.1, -0.05) is 19.1 Å². The fraction of sp³-hybridized carbons (Fsp3) is 0.423. The quantitative estimate of drug-likeness (QED) is 0.108. The summed E-state index contributed by atoms with van der Waals surface area (Å²) in [6, 6.07) is 8.64. The van der Waals surface area contributed by atoms with Gasteiger partial charge in [-0.15, -0.1) is 0 Å². The van der Waals surface area contributed by atoms with E-state index >= 15 is 0 Å². The molecule has 0 aliphatic carbocycles. The maximum Gasteiger partial charge on any atom is 0.490 e. The molecular weight excluding hydrogens is 567 g/mol. The Labute approximate surface area is 239 Å². The van der Waals surface area contributed by atoms with Crippen LogP contribution in [-0.4, -0.2) is 64.6 Å². The van der Waals surface area contributed by atoms with E-state index in [0.29, 0.717) is 24.9 Å². The van der Waals surface area contributed by atoms with Gasteiger partial charge in [-0.2, -0.15) is 13.2 Å². The average molecular weight is 600 g/mol. The van der Waals surface area contributed by atoms with Crippen molar-refractivity contribution < 1.29 is 47.1 Å². The van der Waals surface area contributed by atoms with Crippen LogP contribution >= 0.6 is 0 Å². The molecule has 0 saturated heterocycles. The zero-order valence-electron chi connectivity index (χ0n) is 22.9. The SMILES string of the molecule is CCCOC(=O)CC(NC(=O)CNC(=O)CCCNc1cc(C)ccn1)c1cccc([N+](=O)[O-])c1.O=C(O)C(F)(F)F. The second-order valence-corrected chi connectivity index (χ2v) is 8.73. The first-order chi connectivity index (χ1) is 19.7. The van der Waals surface area contributed by atoms with Crippen LogP contribution in [0, 0.1) is 17.0 Å². The van der Waals surface area contributed by atoms with E-state index in [1.54, 1.807) is 12.3 Å². The molecule has 2 amide bonds. The number of carboxylic acid groups (broad SMARTS) is 1. The molecule has 230 valence electrons. The second-order valence-electron chi connectivity index (χ2n) is 8.73. The largest absolute Gasteiger partial charge is 0.490 e. The molecule has 2 rings (SSSR count). The van der Waals surface area contributed by atoms with Crippen molar-refractivity contribution in [3.8, 4) is 0 Å². The Morgan fingerprint density at radius 1 is 1.14 bits per heavy atom. The Hall–Kier alpha value is -4.76. The van der Waals surface area contributed by atoms with Crippen LogP contribution in [0.15, 0.2) is 42.6 Å². The number of non-ortho nitro benzene ring substituents is 1. The summed E-state index contributed by atoms with van der Waals surface area (Å²) in [5, 5.41) is 26.6. The van der Waals surface area contributed by atoms with Crippen LogP contribution in [0.5, 0.6) is 0 Å². The molecule has 2 aromatic rings. The highest BCUT2D eigenvalue weighted by molar-refractivity contribution is 5.85. The van der Waals surface area contributed by atoms with Crippen molar-refractivity contribution in [1.29, 1.82) is 0 Å². The highest BCUT2D eigenvalue weighted by Crippen LogP contribution is 2.22. The first-order valence-electron chi connectivity index (χ1n) is 12.7. The van der Waals surface area contributed by atoms with Gasteiger partial charge in [0.15, 0.2) is 0 Å². The summed E-state index contributed by atoms with van der Waals surface area (Å²) in [6.45, 7) is 4.31. The number of aryl methyl sites for hydroxylation is 1. The third-order valence-electron chi connectivity index (χ3n) is 5.15. The normalized spacial score (nSPS) is 11.3. The Morgan fingerprint density at radius 3 is 2.43 bits per heavy atom. The van der Waals surface area contributed by atoms with Gasteiger partial charge in [-0.25, -0.2) is 9.78 Å². The van der Waals surface area contributed by atoms with Gasteiger partial charge >= 0.3 is 18.1 Å². The third kappa shape index (κ3) is 14.6. The molecule has 16 heteroatoms. The standard InChI is InChI=1S/C24H31N5O6.C2HF3O2/c1-3-12-35-24(32)15-20(18-6-4-7-19(14-18)29(33)34)28-23(31)16-27-22(30)8-5-10-25-21-13-17(2)9-11-26-21;3-2(4,5)1(6)7/h4,6-7,9,11,13-14,20H,3,5,8,10,12,15-16H2,1-2H3,(H,25,26)(H,27,30)(H,28,31);(H,6,7). The molecule has 1 heterocycles. The fourth-order valence-electron chi connectivity index (χ4n) is 3.16. The van der Waals surface area contributed by atoms with Crippen LogP contribution in [0.1, 0.15) is 49.8 Å². The summed E-state index contributed by atoms with van der Waals surface area (Å²) in [4.78, 5) is 60.3. The number of carboxylic acids is 1. The van der Waals surface area contributed by atoms with E-state index in [4.69, 9.17) is 14.6 Å². The number of hydrogen-bond donors (Lipinski definition) is 4. The number of hydrogen-bond acceptors (Lipinski definition) is 9. The number of pyridine rings is 1. The first-order valence-corrected chi connectivity index (χ1v) is 12.7. The molecule has 1 atom stereocenters. The number of carbonyl (C=O) groups is 4. The molecule has 0 spiro atoms. The average Bonchev–Trinajstić information content (AvgIpc) is 2.92. The third-order valence-corrected chi connectivity index (χ3v) is 5.15. The highest BCUT2D eigenvalue weighted by atomic mass is 19.4. The lowest BCUT2D eigenvalue weighted by Crippen LogP contribution is -2.39. The van der Waals surface area contributed by atoms with E-state index in [-0.39, 0.29) is 37.6 Å². The van der Waals surface area contributed by atoms with Crippen molar-refractivity contribution >= 4 is 35.3 Å². The lowest BCUT2D eigenvalue weighted by molar-refractivity contribution is -0.384. The van der Waals surface area contributed by atoms with E-state index in [2.05, 4.69) is 20.9 Å². The molecule has 1 aromatic heterocycles. The Bertz CT molecular complexity index is 1230. The number of nitrogens with one attached hydrogen (secondary N) is 3. The number of anilines is 1. The number of alkyl halides is 3. The number of nitrogens with zero attached hydrogens (tertiary/aromatic N) is 2. The van der Waals surface area contributed by atoms with Gasteiger partial charge < -0.3 is 25.8 Å². The van der Waals surface area contributed by atoms with Crippen molar-refractivity contribution in [2.75, 3.05) is 25.0 Å². The van der Waals surface area contributed by atoms with E-state index in [0.717, 1.165) is 11.4 Å². The number of rotatable bonds is 14. The number of halogens is 3. The summed E-state index contributed by atoms with van der Waals surface area (Å²) < 4.78 is 36.8. The van der Waals surface area contributed by atoms with E-state index in [1.165, 1.54) is 18.2 Å². The minimum Gasteiger partial charge on any atom is -0.475 e. The summed E-state index contributed by atoms with van der Waals surface area (Å²) >= 11 is 0. The number of amides is 2. The smallest absolute Gasteiger partial charge is 0.475 e. The van der Waals surface area contributed by atoms with E-state index in [1.807, 2.05) is 26.0 Å². The van der Waals surface area contributed by atoms with Gasteiger partial charge in [0, 0.05) is 31.3 Å². The molecule has 0 aliphatic heterocycles.